The molecular formula is C11H10Cl3F3N2O6S2. The Labute approximate surface area is 166 Å². The average Bonchev–Trinajstić information content (AvgIpc) is 2.82. The molecule has 0 fully saturated rings. The number of benzene rings is 1. The van der Waals surface area contributed by atoms with Crippen LogP contribution in [0.15, 0.2) is 29.3 Å². The van der Waals surface area contributed by atoms with Crippen molar-refractivity contribution in [2.75, 3.05) is 6.61 Å². The summed E-state index contributed by atoms with van der Waals surface area (Å²) in [7, 11) is -8.43. The minimum Gasteiger partial charge on any atom is -0.741 e. The van der Waals surface area contributed by atoms with Crippen LogP contribution in [-0.4, -0.2) is 42.4 Å². The normalized spacial score (nSPS) is 13.3. The second-order valence-corrected chi connectivity index (χ2v) is 10.2. The smallest absolute Gasteiger partial charge is 0.485 e. The third kappa shape index (κ3) is 6.93. The first-order chi connectivity index (χ1) is 12.0. The predicted octanol–water partition coefficient (Wildman–Crippen LogP) is 2.12. The van der Waals surface area contributed by atoms with Crippen molar-refractivity contribution >= 4 is 65.9 Å². The summed E-state index contributed by atoms with van der Waals surface area (Å²) in [6.07, 6.45) is 0. The Balaban J connectivity index is 0.000000387. The van der Waals surface area contributed by atoms with Crippen molar-refractivity contribution in [3.05, 3.63) is 24.3 Å². The molecule has 0 radical (unpaired) electrons. The van der Waals surface area contributed by atoms with Crippen LogP contribution < -0.4 is 4.68 Å². The van der Waals surface area contributed by atoms with Crippen molar-refractivity contribution < 1.29 is 43.4 Å². The second kappa shape index (κ2) is 8.27. The van der Waals surface area contributed by atoms with E-state index in [0.717, 1.165) is 5.52 Å². The highest BCUT2D eigenvalue weighted by atomic mass is 35.6. The molecule has 0 saturated carbocycles. The maximum Gasteiger partial charge on any atom is 0.485 e. The van der Waals surface area contributed by atoms with Crippen molar-refractivity contribution in [1.82, 2.24) is 5.10 Å². The fourth-order valence-corrected chi connectivity index (χ4v) is 3.12. The molecule has 154 valence electrons. The van der Waals surface area contributed by atoms with Crippen LogP contribution in [0.5, 0.6) is 0 Å². The topological polar surface area (TPSA) is 120 Å². The van der Waals surface area contributed by atoms with Crippen LogP contribution in [0.25, 0.3) is 10.9 Å². The van der Waals surface area contributed by atoms with Crippen molar-refractivity contribution in [2.24, 2.45) is 7.05 Å². The lowest BCUT2D eigenvalue weighted by Gasteiger charge is -2.09. The first kappa shape index (κ1) is 24.2. The molecule has 1 N–H and O–H groups in total. The molecule has 27 heavy (non-hydrogen) atoms. The van der Waals surface area contributed by atoms with Gasteiger partial charge in [0.15, 0.2) is 17.2 Å². The van der Waals surface area contributed by atoms with Gasteiger partial charge in [0.25, 0.3) is 0 Å². The number of halogens is 6. The van der Waals surface area contributed by atoms with Gasteiger partial charge in [-0.1, -0.05) is 46.9 Å². The zero-order valence-electron chi connectivity index (χ0n) is 13.0. The quantitative estimate of drug-likeness (QED) is 0.230. The number of aromatic amines is 1. The van der Waals surface area contributed by atoms with Gasteiger partial charge in [0.1, 0.15) is 6.61 Å². The van der Waals surface area contributed by atoms with Crippen LogP contribution in [0, 0.1) is 0 Å². The second-order valence-electron chi connectivity index (χ2n) is 4.75. The van der Waals surface area contributed by atoms with Gasteiger partial charge in [0.05, 0.1) is 5.39 Å². The third-order valence-corrected chi connectivity index (χ3v) is 4.82. The molecule has 0 atom stereocenters. The molecule has 2 rings (SSSR count). The van der Waals surface area contributed by atoms with Gasteiger partial charge in [-0.25, -0.2) is 8.42 Å². The van der Waals surface area contributed by atoms with Gasteiger partial charge in [-0.15, -0.1) is 4.68 Å². The highest BCUT2D eigenvalue weighted by Gasteiger charge is 2.37. The lowest BCUT2D eigenvalue weighted by molar-refractivity contribution is -0.705. The zero-order chi connectivity index (χ0) is 21.3. The molecule has 1 aromatic carbocycles. The average molecular weight is 494 g/mol. The van der Waals surface area contributed by atoms with E-state index in [-0.39, 0.29) is 5.03 Å². The molecule has 1 heterocycles. The summed E-state index contributed by atoms with van der Waals surface area (Å²) in [5, 5.41) is 3.14. The Morgan fingerprint density at radius 3 is 2.07 bits per heavy atom. The molecule has 16 heteroatoms. The molecule has 0 unspecified atom stereocenters. The maximum absolute atomic E-state index is 12.1. The van der Waals surface area contributed by atoms with Crippen LogP contribution in [0.1, 0.15) is 0 Å². The number of aryl methyl sites for hydroxylation is 1. The molecule has 0 amide bonds. The number of hydrogen-bond donors (Lipinski definition) is 1. The van der Waals surface area contributed by atoms with E-state index in [4.69, 9.17) is 52.0 Å². The van der Waals surface area contributed by atoms with Crippen LogP contribution in [-0.2, 0) is 31.5 Å². The molecule has 0 aliphatic carbocycles. The van der Waals surface area contributed by atoms with Crippen molar-refractivity contribution in [3.8, 4) is 0 Å². The van der Waals surface area contributed by atoms with Gasteiger partial charge < -0.3 is 4.55 Å². The van der Waals surface area contributed by atoms with E-state index in [1.54, 1.807) is 36.0 Å². The number of hydrogen-bond acceptors (Lipinski definition) is 6. The van der Waals surface area contributed by atoms with E-state index in [9.17, 15) is 21.6 Å². The Kier molecular flexibility index (Phi) is 7.41. The molecule has 0 saturated heterocycles. The number of para-hydroxylation sites is 1. The minimum absolute atomic E-state index is 0.0696. The van der Waals surface area contributed by atoms with E-state index >= 15 is 0 Å². The first-order valence-electron chi connectivity index (χ1n) is 6.41. The molecule has 2 aromatic rings. The maximum atomic E-state index is 12.1. The van der Waals surface area contributed by atoms with Gasteiger partial charge in [0, 0.05) is 6.07 Å². The lowest BCUT2D eigenvalue weighted by atomic mass is 10.3. The SMILES string of the molecule is C[n+]1[nH]c(S(=O)(=O)OCC(Cl)(Cl)Cl)c2ccccc21.O=S(=O)([O-])C(F)(F)F. The van der Waals surface area contributed by atoms with E-state index in [1.165, 1.54) is 0 Å². The fourth-order valence-electron chi connectivity index (χ4n) is 1.62. The summed E-state index contributed by atoms with van der Waals surface area (Å²) >= 11 is 16.4. The summed E-state index contributed by atoms with van der Waals surface area (Å²) in [6.45, 7) is -0.558. The van der Waals surface area contributed by atoms with Gasteiger partial charge in [-0.3, -0.25) is 4.18 Å². The Bertz CT molecular complexity index is 1020. The van der Waals surface area contributed by atoms with Crippen molar-refractivity contribution in [1.29, 1.82) is 0 Å². The number of nitrogens with zero attached hydrogens (tertiary/aromatic N) is 1. The Morgan fingerprint density at radius 1 is 1.15 bits per heavy atom. The summed E-state index contributed by atoms with van der Waals surface area (Å²) < 4.78 is 87.5. The number of rotatable bonds is 3. The Morgan fingerprint density at radius 2 is 1.63 bits per heavy atom. The van der Waals surface area contributed by atoms with Gasteiger partial charge in [-0.05, 0) is 6.07 Å². The number of nitrogens with one attached hydrogen (secondary N) is 1. The molecule has 0 spiro atoms. The van der Waals surface area contributed by atoms with E-state index < -0.39 is 36.1 Å². The predicted molar refractivity (Wildman–Crippen MR) is 88.7 cm³/mol. The number of H-pyrrole nitrogens is 1. The number of aromatic nitrogens is 2. The molecule has 1 aromatic heterocycles. The standard InChI is InChI=1S/C10H9Cl3N2O3S.CHF3O3S/c1-15-8-5-3-2-4-7(8)9(14-15)19(16,17)18-6-10(11,12)13;2-1(3,4)8(5,6)7/h2-5H,6H2,1H3;(H,5,6,7). The van der Waals surface area contributed by atoms with Crippen molar-refractivity contribution in [2.45, 2.75) is 14.3 Å². The van der Waals surface area contributed by atoms with E-state index in [2.05, 4.69) is 5.10 Å². The van der Waals surface area contributed by atoms with Crippen LogP contribution in [0.3, 0.4) is 0 Å². The highest BCUT2D eigenvalue weighted by Crippen LogP contribution is 2.28. The summed E-state index contributed by atoms with van der Waals surface area (Å²) in [6, 6.07) is 6.97. The van der Waals surface area contributed by atoms with Crippen LogP contribution in [0.4, 0.5) is 13.2 Å². The monoisotopic (exact) mass is 492 g/mol. The minimum atomic E-state index is -6.09. The van der Waals surface area contributed by atoms with Crippen molar-refractivity contribution in [3.63, 3.8) is 0 Å². The highest BCUT2D eigenvalue weighted by molar-refractivity contribution is 7.87. The molecular weight excluding hydrogens is 484 g/mol. The number of alkyl halides is 6. The summed E-state index contributed by atoms with van der Waals surface area (Å²) in [5.41, 5.74) is -4.92. The van der Waals surface area contributed by atoms with E-state index in [0.29, 0.717) is 5.39 Å². The molecule has 0 aliphatic heterocycles. The van der Waals surface area contributed by atoms with Gasteiger partial charge >= 0.3 is 15.6 Å². The first-order valence-corrected chi connectivity index (χ1v) is 10.4. The third-order valence-electron chi connectivity index (χ3n) is 2.69. The zero-order valence-corrected chi connectivity index (χ0v) is 16.9. The largest absolute Gasteiger partial charge is 0.741 e. The summed E-state index contributed by atoms with van der Waals surface area (Å²) in [4.78, 5) is 0. The van der Waals surface area contributed by atoms with Crippen LogP contribution >= 0.6 is 34.8 Å². The lowest BCUT2D eigenvalue weighted by Crippen LogP contribution is -2.30. The number of fused-ring (bicyclic) bond motifs is 1. The van der Waals surface area contributed by atoms with Gasteiger partial charge in [-0.2, -0.15) is 26.7 Å². The fraction of sp³-hybridized carbons (Fsp3) is 0.364. The molecule has 0 bridgehead atoms. The molecule has 8 nitrogen and oxygen atoms in total. The molecule has 0 aliphatic rings. The summed E-state index contributed by atoms with van der Waals surface area (Å²) in [5.74, 6) is 0. The van der Waals surface area contributed by atoms with Gasteiger partial charge in [0.2, 0.25) is 14.3 Å². The van der Waals surface area contributed by atoms with Crippen LogP contribution in [0.2, 0.25) is 0 Å². The van der Waals surface area contributed by atoms with E-state index in [1.807, 2.05) is 0 Å². The Hall–Kier alpha value is -0.830.